The molecule has 0 atom stereocenters. The van der Waals surface area contributed by atoms with Gasteiger partial charge in [-0.1, -0.05) is 16.8 Å². The molecule has 336 valence electrons. The zero-order valence-electron chi connectivity index (χ0n) is 31.3. The van der Waals surface area contributed by atoms with Crippen LogP contribution in [-0.2, 0) is 32.0 Å². The van der Waals surface area contributed by atoms with Crippen molar-refractivity contribution in [3.05, 3.63) is 76.5 Å². The fraction of sp³-hybridized carbons (Fsp3) is 0.324. The number of amides is 2. The van der Waals surface area contributed by atoms with Crippen molar-refractivity contribution < 1.29 is 83.3 Å². The van der Waals surface area contributed by atoms with Gasteiger partial charge >= 0.3 is 36.4 Å². The van der Waals surface area contributed by atoms with E-state index in [-0.39, 0.29) is 18.4 Å². The van der Waals surface area contributed by atoms with Gasteiger partial charge in [-0.15, -0.1) is 0 Å². The van der Waals surface area contributed by atoms with Crippen LogP contribution >= 0.6 is 11.6 Å². The summed E-state index contributed by atoms with van der Waals surface area (Å²) in [5.41, 5.74) is 4.60. The van der Waals surface area contributed by atoms with Crippen LogP contribution in [0.15, 0.2) is 53.4 Å². The number of nitrogens with zero attached hydrogens (tertiary/aromatic N) is 6. The third-order valence-corrected chi connectivity index (χ3v) is 8.00. The van der Waals surface area contributed by atoms with E-state index in [2.05, 4.69) is 36.1 Å². The minimum absolute atomic E-state index is 0.117. The van der Waals surface area contributed by atoms with Crippen molar-refractivity contribution in [1.29, 1.82) is 0 Å². The third-order valence-electron chi connectivity index (χ3n) is 7.72. The highest BCUT2D eigenvalue weighted by atomic mass is 35.5. The van der Waals surface area contributed by atoms with Crippen LogP contribution in [0.5, 0.6) is 0 Å². The molecule has 2 aliphatic heterocycles. The number of carbonyl (C=O) groups is 5. The van der Waals surface area contributed by atoms with Gasteiger partial charge in [0.05, 0.1) is 24.6 Å². The number of rotatable bonds is 4. The number of hydrogen-bond acceptors (Lipinski definition) is 13. The van der Waals surface area contributed by atoms with Gasteiger partial charge in [-0.3, -0.25) is 19.5 Å². The highest BCUT2D eigenvalue weighted by Crippen LogP contribution is 2.29. The van der Waals surface area contributed by atoms with Crippen molar-refractivity contribution in [3.63, 3.8) is 0 Å². The Bertz CT molecular complexity index is 2180. The number of nitrogens with one attached hydrogen (secondary N) is 3. The zero-order chi connectivity index (χ0) is 46.6. The second-order valence-corrected chi connectivity index (χ2v) is 12.8. The van der Waals surface area contributed by atoms with Crippen LogP contribution in [-0.4, -0.2) is 126 Å². The first-order valence-electron chi connectivity index (χ1n) is 17.0. The molecule has 4 aromatic rings. The molecule has 28 heteroatoms. The van der Waals surface area contributed by atoms with Crippen LogP contribution in [0.1, 0.15) is 27.4 Å². The van der Waals surface area contributed by atoms with E-state index in [1.807, 2.05) is 35.4 Å². The van der Waals surface area contributed by atoms with Gasteiger partial charge in [-0.05, 0) is 55.2 Å². The van der Waals surface area contributed by atoms with E-state index in [0.717, 1.165) is 34.6 Å². The lowest BCUT2D eigenvalue weighted by Gasteiger charge is -2.33. The van der Waals surface area contributed by atoms with E-state index in [9.17, 15) is 49.1 Å². The first-order valence-corrected chi connectivity index (χ1v) is 17.4. The Hall–Kier alpha value is -6.77. The van der Waals surface area contributed by atoms with Crippen molar-refractivity contribution in [2.45, 2.75) is 38.3 Å². The van der Waals surface area contributed by atoms with Crippen molar-refractivity contribution in [1.82, 2.24) is 29.9 Å². The van der Waals surface area contributed by atoms with Crippen molar-refractivity contribution >= 4 is 70.2 Å². The monoisotopic (exact) mass is 915 g/mol. The van der Waals surface area contributed by atoms with Gasteiger partial charge in [0.25, 0.3) is 5.91 Å². The van der Waals surface area contributed by atoms with Crippen LogP contribution in [0.3, 0.4) is 0 Å². The smallest absolute Gasteiger partial charge is 0.475 e. The fourth-order valence-corrected chi connectivity index (χ4v) is 5.02. The predicted molar refractivity (Wildman–Crippen MR) is 195 cm³/mol. The standard InChI is InChI=1S/C28H28ClN9O3.3C2HF3O2/c1-17-10-24(36-41-17)27(40)38-8-6-37(7-9-38)16-25(39)34-23-5-4-20-12-19(23)3-2-18-11-21(14-30-13-18)33-28-31-15-22(29)26(32-20)35-28;3*3-2(4,5)1(6)7/h4-5,10-15H,2-3,6-9,16H2,1H3,(H,34,39)(H2,31,32,33,35);3*(H,6,7). The summed E-state index contributed by atoms with van der Waals surface area (Å²) in [5, 5.41) is 35.1. The lowest BCUT2D eigenvalue weighted by Crippen LogP contribution is -2.50. The van der Waals surface area contributed by atoms with E-state index < -0.39 is 36.4 Å². The number of alkyl halides is 9. The fourth-order valence-electron chi connectivity index (χ4n) is 4.88. The maximum absolute atomic E-state index is 13.1. The van der Waals surface area contributed by atoms with Crippen molar-refractivity contribution in [2.75, 3.05) is 48.7 Å². The number of anilines is 5. The molecule has 0 radical (unpaired) electrons. The summed E-state index contributed by atoms with van der Waals surface area (Å²) in [5.74, 6) is -7.08. The SMILES string of the molecule is Cc1cc(C(=O)N2CCN(CC(=O)Nc3ccc4cc3CCc3cncc(c3)Nc3ncc(Cl)c(n3)N4)CC2)no1.O=C(O)C(F)(F)F.O=C(O)C(F)(F)F.O=C(O)C(F)(F)F. The Morgan fingerprint density at radius 2 is 1.37 bits per heavy atom. The summed E-state index contributed by atoms with van der Waals surface area (Å²) in [6.45, 7) is 4.18. The summed E-state index contributed by atoms with van der Waals surface area (Å²) in [6, 6.07) is 9.40. The minimum atomic E-state index is -5.08. The van der Waals surface area contributed by atoms with Crippen LogP contribution in [0, 0.1) is 6.92 Å². The summed E-state index contributed by atoms with van der Waals surface area (Å²) < 4.78 is 100. The van der Waals surface area contributed by atoms with Crippen molar-refractivity contribution in [3.8, 4) is 0 Å². The Morgan fingerprint density at radius 3 is 1.90 bits per heavy atom. The lowest BCUT2D eigenvalue weighted by atomic mass is 10.0. The number of fused-ring (bicyclic) bond motifs is 6. The van der Waals surface area contributed by atoms with Gasteiger partial charge in [-0.2, -0.15) is 44.5 Å². The molecule has 2 aliphatic rings. The highest BCUT2D eigenvalue weighted by Gasteiger charge is 2.39. The van der Waals surface area contributed by atoms with Crippen molar-refractivity contribution in [2.24, 2.45) is 0 Å². The quantitative estimate of drug-likeness (QED) is 0.134. The van der Waals surface area contributed by atoms with E-state index in [1.165, 1.54) is 6.20 Å². The molecule has 5 heterocycles. The molecule has 0 unspecified atom stereocenters. The highest BCUT2D eigenvalue weighted by molar-refractivity contribution is 6.32. The minimum Gasteiger partial charge on any atom is -0.475 e. The Labute approximate surface area is 346 Å². The molecule has 1 aromatic carbocycles. The van der Waals surface area contributed by atoms with Gasteiger partial charge in [0.15, 0.2) is 11.5 Å². The van der Waals surface area contributed by atoms with Crippen LogP contribution < -0.4 is 16.0 Å². The molecule has 2 amide bonds. The lowest BCUT2D eigenvalue weighted by molar-refractivity contribution is -0.193. The number of carboxylic acid groups (broad SMARTS) is 3. The molecule has 1 fully saturated rings. The molecular weight excluding hydrogens is 885 g/mol. The second kappa shape index (κ2) is 21.2. The van der Waals surface area contributed by atoms with Crippen LogP contribution in [0.4, 0.5) is 68.3 Å². The summed E-state index contributed by atoms with van der Waals surface area (Å²) in [4.78, 5) is 69.3. The second-order valence-electron chi connectivity index (χ2n) is 12.4. The van der Waals surface area contributed by atoms with Gasteiger partial charge in [0, 0.05) is 49.8 Å². The molecule has 62 heavy (non-hydrogen) atoms. The van der Waals surface area contributed by atoms with Crippen LogP contribution in [0.2, 0.25) is 5.02 Å². The molecule has 6 bridgehead atoms. The number of aryl methyl sites for hydroxylation is 3. The average Bonchev–Trinajstić information content (AvgIpc) is 3.61. The maximum Gasteiger partial charge on any atom is 0.490 e. The number of carbonyl (C=O) groups excluding carboxylic acids is 2. The topological polar surface area (TPSA) is 253 Å². The molecule has 6 N–H and O–H groups in total. The van der Waals surface area contributed by atoms with Gasteiger partial charge in [0.2, 0.25) is 11.9 Å². The Morgan fingerprint density at radius 1 is 0.790 bits per heavy atom. The Kier molecular flexibility index (Phi) is 16.9. The number of aliphatic carboxylic acids is 3. The van der Waals surface area contributed by atoms with Gasteiger partial charge in [0.1, 0.15) is 10.8 Å². The number of halogens is 10. The summed E-state index contributed by atoms with van der Waals surface area (Å²) in [7, 11) is 0. The number of piperazine rings is 1. The largest absolute Gasteiger partial charge is 0.490 e. The number of aromatic nitrogens is 4. The van der Waals surface area contributed by atoms with E-state index in [1.54, 1.807) is 24.1 Å². The van der Waals surface area contributed by atoms with E-state index in [0.29, 0.717) is 60.8 Å². The number of hydrogen-bond donors (Lipinski definition) is 6. The summed E-state index contributed by atoms with van der Waals surface area (Å²) >= 11 is 6.37. The third kappa shape index (κ3) is 16.0. The molecule has 1 saturated heterocycles. The van der Waals surface area contributed by atoms with Crippen LogP contribution in [0.25, 0.3) is 0 Å². The van der Waals surface area contributed by atoms with Gasteiger partial charge in [-0.25, -0.2) is 19.4 Å². The molecule has 6 rings (SSSR count). The zero-order valence-corrected chi connectivity index (χ0v) is 32.1. The first-order chi connectivity index (χ1) is 28.7. The molecule has 0 saturated carbocycles. The molecule has 0 aliphatic carbocycles. The van der Waals surface area contributed by atoms with Gasteiger partial charge < -0.3 is 40.7 Å². The normalized spacial score (nSPS) is 13.8. The summed E-state index contributed by atoms with van der Waals surface area (Å²) in [6.07, 6.45) is -8.78. The average molecular weight is 916 g/mol. The number of carboxylic acids is 3. The number of benzene rings is 1. The molecule has 18 nitrogen and oxygen atoms in total. The predicted octanol–water partition coefficient (Wildman–Crippen LogP) is 5.70. The van der Waals surface area contributed by atoms with E-state index in [4.69, 9.17) is 45.8 Å². The number of pyridine rings is 1. The molecular formula is C34H31ClF9N9O9. The molecule has 3 aromatic heterocycles. The maximum atomic E-state index is 13.1. The van der Waals surface area contributed by atoms with E-state index >= 15 is 0 Å². The molecule has 0 spiro atoms. The first kappa shape index (κ1) is 49.6. The Balaban J connectivity index is 0.000000403.